The summed E-state index contributed by atoms with van der Waals surface area (Å²) < 4.78 is 1.84. The lowest BCUT2D eigenvalue weighted by Gasteiger charge is -2.06. The molecule has 2 heterocycles. The fourth-order valence-electron chi connectivity index (χ4n) is 1.96. The first-order valence-corrected chi connectivity index (χ1v) is 5.15. The lowest BCUT2D eigenvalue weighted by molar-refractivity contribution is 0.670. The van der Waals surface area contributed by atoms with Crippen molar-refractivity contribution in [1.29, 1.82) is 0 Å². The number of aromatic nitrogens is 4. The van der Waals surface area contributed by atoms with Crippen LogP contribution in [0.5, 0.6) is 0 Å². The van der Waals surface area contributed by atoms with E-state index in [9.17, 15) is 0 Å². The summed E-state index contributed by atoms with van der Waals surface area (Å²) in [5, 5.41) is 11.7. The second kappa shape index (κ2) is 2.89. The maximum absolute atomic E-state index is 4.04. The molecule has 15 heavy (non-hydrogen) atoms. The molecule has 0 amide bonds. The van der Waals surface area contributed by atoms with Crippen LogP contribution in [0.15, 0.2) is 18.2 Å². The molecule has 0 bridgehead atoms. The van der Waals surface area contributed by atoms with E-state index in [0.29, 0.717) is 5.92 Å². The predicted molar refractivity (Wildman–Crippen MR) is 56.4 cm³/mol. The molecule has 0 N–H and O–H groups in total. The van der Waals surface area contributed by atoms with Crippen LogP contribution in [0, 0.1) is 0 Å². The highest BCUT2D eigenvalue weighted by atomic mass is 15.5. The van der Waals surface area contributed by atoms with Gasteiger partial charge in [0.1, 0.15) is 0 Å². The Bertz CT molecular complexity index is 513. The predicted octanol–water partition coefficient (Wildman–Crippen LogP) is 1.83. The molecular formula is C11H12N4. The zero-order chi connectivity index (χ0) is 10.4. The van der Waals surface area contributed by atoms with Gasteiger partial charge in [-0.1, -0.05) is 26.0 Å². The minimum atomic E-state index is 0.542. The van der Waals surface area contributed by atoms with Crippen molar-refractivity contribution in [3.05, 3.63) is 29.3 Å². The summed E-state index contributed by atoms with van der Waals surface area (Å²) in [6.45, 7) is 5.19. The lowest BCUT2D eigenvalue weighted by atomic mass is 9.98. The van der Waals surface area contributed by atoms with Crippen LogP contribution in [0.4, 0.5) is 0 Å². The fourth-order valence-corrected chi connectivity index (χ4v) is 1.96. The molecule has 0 unspecified atom stereocenters. The van der Waals surface area contributed by atoms with E-state index in [1.165, 1.54) is 16.7 Å². The average Bonchev–Trinajstić information content (AvgIpc) is 2.75. The third-order valence-electron chi connectivity index (χ3n) is 2.89. The van der Waals surface area contributed by atoms with E-state index >= 15 is 0 Å². The Morgan fingerprint density at radius 3 is 3.00 bits per heavy atom. The fraction of sp³-hybridized carbons (Fsp3) is 0.364. The molecule has 0 atom stereocenters. The molecule has 1 aromatic heterocycles. The molecule has 0 saturated carbocycles. The van der Waals surface area contributed by atoms with Gasteiger partial charge in [-0.15, -0.1) is 5.10 Å². The van der Waals surface area contributed by atoms with E-state index in [0.717, 1.165) is 12.4 Å². The van der Waals surface area contributed by atoms with Crippen molar-refractivity contribution >= 4 is 0 Å². The van der Waals surface area contributed by atoms with Crippen LogP contribution in [0.3, 0.4) is 0 Å². The quantitative estimate of drug-likeness (QED) is 0.602. The summed E-state index contributed by atoms with van der Waals surface area (Å²) >= 11 is 0. The Labute approximate surface area is 87.9 Å². The first-order chi connectivity index (χ1) is 7.25. The first-order valence-electron chi connectivity index (χ1n) is 5.15. The molecule has 4 heteroatoms. The topological polar surface area (TPSA) is 43.6 Å². The van der Waals surface area contributed by atoms with Crippen LogP contribution in [0.1, 0.15) is 30.9 Å². The molecule has 0 fully saturated rings. The van der Waals surface area contributed by atoms with Gasteiger partial charge in [-0.2, -0.15) is 0 Å². The van der Waals surface area contributed by atoms with E-state index in [1.807, 2.05) is 4.68 Å². The largest absolute Gasteiger partial charge is 0.221 e. The van der Waals surface area contributed by atoms with Crippen LogP contribution < -0.4 is 0 Å². The Morgan fingerprint density at radius 1 is 1.33 bits per heavy atom. The summed E-state index contributed by atoms with van der Waals surface area (Å²) in [6, 6.07) is 6.56. The van der Waals surface area contributed by atoms with Gasteiger partial charge in [0.25, 0.3) is 0 Å². The van der Waals surface area contributed by atoms with Crippen molar-refractivity contribution in [3.8, 4) is 11.4 Å². The molecule has 0 spiro atoms. The monoisotopic (exact) mass is 200 g/mol. The highest BCUT2D eigenvalue weighted by Gasteiger charge is 2.21. The number of tetrazole rings is 1. The van der Waals surface area contributed by atoms with Crippen LogP contribution >= 0.6 is 0 Å². The van der Waals surface area contributed by atoms with Crippen LogP contribution in [-0.2, 0) is 6.54 Å². The van der Waals surface area contributed by atoms with Crippen LogP contribution in [0.2, 0.25) is 0 Å². The minimum Gasteiger partial charge on any atom is -0.221 e. The molecule has 1 aromatic carbocycles. The maximum atomic E-state index is 4.04. The number of rotatable bonds is 1. The zero-order valence-electron chi connectivity index (χ0n) is 8.81. The van der Waals surface area contributed by atoms with Crippen molar-refractivity contribution in [2.24, 2.45) is 0 Å². The summed E-state index contributed by atoms with van der Waals surface area (Å²) in [7, 11) is 0. The van der Waals surface area contributed by atoms with Gasteiger partial charge < -0.3 is 0 Å². The third kappa shape index (κ3) is 1.17. The Hall–Kier alpha value is -1.71. The smallest absolute Gasteiger partial charge is 0.182 e. The Morgan fingerprint density at radius 2 is 2.20 bits per heavy atom. The molecule has 0 saturated heterocycles. The van der Waals surface area contributed by atoms with Gasteiger partial charge >= 0.3 is 0 Å². The van der Waals surface area contributed by atoms with E-state index < -0.39 is 0 Å². The van der Waals surface area contributed by atoms with Gasteiger partial charge in [0.2, 0.25) is 0 Å². The van der Waals surface area contributed by atoms with Crippen molar-refractivity contribution in [1.82, 2.24) is 20.2 Å². The Balaban J connectivity index is 2.18. The van der Waals surface area contributed by atoms with Gasteiger partial charge in [-0.05, 0) is 33.5 Å². The summed E-state index contributed by atoms with van der Waals surface area (Å²) in [5.74, 6) is 1.44. The number of hydrogen-bond donors (Lipinski definition) is 0. The molecule has 4 nitrogen and oxygen atoms in total. The molecule has 2 aromatic rings. The van der Waals surface area contributed by atoms with Gasteiger partial charge in [0.05, 0.1) is 6.54 Å². The van der Waals surface area contributed by atoms with E-state index in [2.05, 4.69) is 47.6 Å². The second-order valence-corrected chi connectivity index (χ2v) is 4.23. The highest BCUT2D eigenvalue weighted by molar-refractivity contribution is 5.64. The zero-order valence-corrected chi connectivity index (χ0v) is 8.81. The second-order valence-electron chi connectivity index (χ2n) is 4.23. The van der Waals surface area contributed by atoms with Crippen molar-refractivity contribution in [3.63, 3.8) is 0 Å². The van der Waals surface area contributed by atoms with Gasteiger partial charge in [-0.25, -0.2) is 4.68 Å². The summed E-state index contributed by atoms with van der Waals surface area (Å²) in [5.41, 5.74) is 3.81. The number of hydrogen-bond acceptors (Lipinski definition) is 3. The normalized spacial score (nSPS) is 13.0. The van der Waals surface area contributed by atoms with Crippen molar-refractivity contribution in [2.75, 3.05) is 0 Å². The van der Waals surface area contributed by atoms with E-state index in [1.54, 1.807) is 0 Å². The molecule has 1 aliphatic heterocycles. The third-order valence-corrected chi connectivity index (χ3v) is 2.89. The van der Waals surface area contributed by atoms with Gasteiger partial charge in [0.15, 0.2) is 5.82 Å². The van der Waals surface area contributed by atoms with Crippen molar-refractivity contribution < 1.29 is 0 Å². The number of benzene rings is 1. The molecule has 3 rings (SSSR count). The van der Waals surface area contributed by atoms with E-state index in [4.69, 9.17) is 0 Å². The molecule has 1 aliphatic rings. The van der Waals surface area contributed by atoms with E-state index in [-0.39, 0.29) is 0 Å². The SMILES string of the molecule is CC(C)c1ccc2c(c1)-c1nnnn1C2. The summed E-state index contributed by atoms with van der Waals surface area (Å²) in [4.78, 5) is 0. The lowest BCUT2D eigenvalue weighted by Crippen LogP contribution is -1.95. The summed E-state index contributed by atoms with van der Waals surface area (Å²) in [6.07, 6.45) is 0. The number of nitrogens with zero attached hydrogens (tertiary/aromatic N) is 4. The molecular weight excluding hydrogens is 188 g/mol. The maximum Gasteiger partial charge on any atom is 0.182 e. The standard InChI is InChI=1S/C11H12N4/c1-7(2)8-3-4-9-6-15-11(10(9)5-8)12-13-14-15/h3-5,7H,6H2,1-2H3. The highest BCUT2D eigenvalue weighted by Crippen LogP contribution is 2.31. The average molecular weight is 200 g/mol. The van der Waals surface area contributed by atoms with Crippen LogP contribution in [0.25, 0.3) is 11.4 Å². The Kier molecular flexibility index (Phi) is 1.65. The minimum absolute atomic E-state index is 0.542. The molecule has 76 valence electrons. The number of fused-ring (bicyclic) bond motifs is 3. The first kappa shape index (κ1) is 8.59. The molecule has 0 aliphatic carbocycles. The van der Waals surface area contributed by atoms with Crippen LogP contribution in [-0.4, -0.2) is 20.2 Å². The molecule has 0 radical (unpaired) electrons. The van der Waals surface area contributed by atoms with Gasteiger partial charge in [-0.3, -0.25) is 0 Å². The van der Waals surface area contributed by atoms with Crippen molar-refractivity contribution in [2.45, 2.75) is 26.3 Å². The van der Waals surface area contributed by atoms with Gasteiger partial charge in [0, 0.05) is 5.56 Å².